The number of hydrogen-bond donors (Lipinski definition) is 0. The lowest BCUT2D eigenvalue weighted by Gasteiger charge is -2.42. The minimum atomic E-state index is -0.902. The Kier molecular flexibility index (Phi) is 6.32. The van der Waals surface area contributed by atoms with E-state index in [1.165, 1.54) is 22.1 Å². The molecular formula is C24H27F2N3O2. The Balaban J connectivity index is 1.31. The molecule has 2 amide bonds. The van der Waals surface area contributed by atoms with E-state index < -0.39 is 23.1 Å². The molecule has 4 rings (SSSR count). The summed E-state index contributed by atoms with van der Waals surface area (Å²) in [4.78, 5) is 30.8. The van der Waals surface area contributed by atoms with E-state index in [0.29, 0.717) is 6.54 Å². The van der Waals surface area contributed by atoms with Gasteiger partial charge in [0.2, 0.25) is 5.91 Å². The average Bonchev–Trinajstić information content (AvgIpc) is 2.76. The standard InChI is InChI=1S/C24H27F2N3O2/c1-17-5-7-18(8-6-17)15-27-11-9-19(10-12-27)29-14-13-28(16-22(29)30)24(31)23-20(25)3-2-4-21(23)26/h2-8,19H,9-16H2,1H3. The molecule has 2 aromatic carbocycles. The van der Waals surface area contributed by atoms with Crippen molar-refractivity contribution < 1.29 is 18.4 Å². The molecule has 0 aromatic heterocycles. The minimum Gasteiger partial charge on any atom is -0.336 e. The number of carbonyl (C=O) groups excluding carboxylic acids is 2. The van der Waals surface area contributed by atoms with Gasteiger partial charge in [0.15, 0.2) is 0 Å². The largest absolute Gasteiger partial charge is 0.336 e. The first-order chi connectivity index (χ1) is 14.9. The van der Waals surface area contributed by atoms with Crippen LogP contribution in [0.1, 0.15) is 34.3 Å². The SMILES string of the molecule is Cc1ccc(CN2CCC(N3CCN(C(=O)c4c(F)cccc4F)CC3=O)CC2)cc1. The van der Waals surface area contributed by atoms with Crippen molar-refractivity contribution in [2.24, 2.45) is 0 Å². The molecule has 2 saturated heterocycles. The molecule has 0 spiro atoms. The second-order valence-electron chi connectivity index (χ2n) is 8.40. The summed E-state index contributed by atoms with van der Waals surface area (Å²) >= 11 is 0. The Morgan fingerprint density at radius 2 is 1.61 bits per heavy atom. The summed E-state index contributed by atoms with van der Waals surface area (Å²) in [5.41, 5.74) is 1.94. The van der Waals surface area contributed by atoms with Crippen LogP contribution < -0.4 is 0 Å². The molecule has 0 atom stereocenters. The van der Waals surface area contributed by atoms with Gasteiger partial charge in [-0.3, -0.25) is 14.5 Å². The number of carbonyl (C=O) groups is 2. The zero-order valence-electron chi connectivity index (χ0n) is 17.7. The van der Waals surface area contributed by atoms with Crippen LogP contribution in [0.15, 0.2) is 42.5 Å². The van der Waals surface area contributed by atoms with Crippen molar-refractivity contribution in [2.45, 2.75) is 32.4 Å². The maximum Gasteiger partial charge on any atom is 0.260 e. The monoisotopic (exact) mass is 427 g/mol. The van der Waals surface area contributed by atoms with Crippen molar-refractivity contribution in [2.75, 3.05) is 32.7 Å². The molecule has 7 heteroatoms. The summed E-state index contributed by atoms with van der Waals surface area (Å²) in [5, 5.41) is 0. The van der Waals surface area contributed by atoms with Crippen LogP contribution in [0.3, 0.4) is 0 Å². The summed E-state index contributed by atoms with van der Waals surface area (Å²) in [6.45, 7) is 5.32. The van der Waals surface area contributed by atoms with E-state index >= 15 is 0 Å². The molecule has 0 radical (unpaired) electrons. The highest BCUT2D eigenvalue weighted by atomic mass is 19.1. The molecule has 5 nitrogen and oxygen atoms in total. The van der Waals surface area contributed by atoms with E-state index in [1.54, 1.807) is 0 Å². The van der Waals surface area contributed by atoms with Crippen LogP contribution in [0.25, 0.3) is 0 Å². The number of likely N-dealkylation sites (tertiary alicyclic amines) is 1. The van der Waals surface area contributed by atoms with Crippen LogP contribution >= 0.6 is 0 Å². The number of rotatable bonds is 4. The average molecular weight is 427 g/mol. The quantitative estimate of drug-likeness (QED) is 0.753. The zero-order valence-corrected chi connectivity index (χ0v) is 17.7. The first-order valence-electron chi connectivity index (χ1n) is 10.7. The fourth-order valence-corrected chi connectivity index (χ4v) is 4.45. The fourth-order valence-electron chi connectivity index (χ4n) is 4.45. The molecule has 2 heterocycles. The normalized spacial score (nSPS) is 18.5. The summed E-state index contributed by atoms with van der Waals surface area (Å²) in [7, 11) is 0. The van der Waals surface area contributed by atoms with Crippen LogP contribution in [-0.2, 0) is 11.3 Å². The Bertz CT molecular complexity index is 936. The third-order valence-electron chi connectivity index (χ3n) is 6.25. The van der Waals surface area contributed by atoms with Gasteiger partial charge in [0.1, 0.15) is 23.7 Å². The van der Waals surface area contributed by atoms with Gasteiger partial charge in [-0.05, 0) is 37.5 Å². The second-order valence-corrected chi connectivity index (χ2v) is 8.40. The highest BCUT2D eigenvalue weighted by molar-refractivity contribution is 5.97. The van der Waals surface area contributed by atoms with Gasteiger partial charge in [-0.15, -0.1) is 0 Å². The van der Waals surface area contributed by atoms with Gasteiger partial charge in [-0.1, -0.05) is 35.9 Å². The zero-order chi connectivity index (χ0) is 22.0. The summed E-state index contributed by atoms with van der Waals surface area (Å²) in [6.07, 6.45) is 1.76. The van der Waals surface area contributed by atoms with E-state index in [4.69, 9.17) is 0 Å². The summed E-state index contributed by atoms with van der Waals surface area (Å²) in [6, 6.07) is 12.0. The van der Waals surface area contributed by atoms with Crippen LogP contribution in [0.5, 0.6) is 0 Å². The predicted molar refractivity (Wildman–Crippen MR) is 113 cm³/mol. The highest BCUT2D eigenvalue weighted by Gasteiger charge is 2.35. The molecule has 164 valence electrons. The predicted octanol–water partition coefficient (Wildman–Crippen LogP) is 3.22. The number of halogens is 2. The van der Waals surface area contributed by atoms with Gasteiger partial charge in [-0.2, -0.15) is 0 Å². The molecule has 0 unspecified atom stereocenters. The van der Waals surface area contributed by atoms with Crippen LogP contribution in [0.2, 0.25) is 0 Å². The number of nitrogens with zero attached hydrogens (tertiary/aromatic N) is 3. The molecular weight excluding hydrogens is 400 g/mol. The van der Waals surface area contributed by atoms with Crippen molar-refractivity contribution in [3.63, 3.8) is 0 Å². The number of piperazine rings is 1. The van der Waals surface area contributed by atoms with Crippen LogP contribution in [0.4, 0.5) is 8.78 Å². The smallest absolute Gasteiger partial charge is 0.260 e. The van der Waals surface area contributed by atoms with E-state index in [9.17, 15) is 18.4 Å². The Labute approximate surface area is 181 Å². The summed E-state index contributed by atoms with van der Waals surface area (Å²) in [5.74, 6) is -2.73. The summed E-state index contributed by atoms with van der Waals surface area (Å²) < 4.78 is 27.9. The molecule has 2 aliphatic rings. The molecule has 31 heavy (non-hydrogen) atoms. The molecule has 2 aromatic rings. The molecule has 0 aliphatic carbocycles. The molecule has 0 saturated carbocycles. The minimum absolute atomic E-state index is 0.143. The molecule has 2 fully saturated rings. The van der Waals surface area contributed by atoms with E-state index in [1.807, 2.05) is 4.90 Å². The molecule has 2 aliphatic heterocycles. The van der Waals surface area contributed by atoms with E-state index in [-0.39, 0.29) is 25.0 Å². The van der Waals surface area contributed by atoms with Crippen molar-refractivity contribution in [3.8, 4) is 0 Å². The number of amides is 2. The third kappa shape index (κ3) is 4.77. The second kappa shape index (κ2) is 9.14. The van der Waals surface area contributed by atoms with Gasteiger partial charge < -0.3 is 9.80 Å². The van der Waals surface area contributed by atoms with Gasteiger partial charge in [-0.25, -0.2) is 8.78 Å². The first-order valence-corrected chi connectivity index (χ1v) is 10.7. The van der Waals surface area contributed by atoms with E-state index in [0.717, 1.165) is 44.6 Å². The first kappa shape index (κ1) is 21.4. The van der Waals surface area contributed by atoms with Crippen LogP contribution in [-0.4, -0.2) is 65.3 Å². The lowest BCUT2D eigenvalue weighted by molar-refractivity contribution is -0.138. The van der Waals surface area contributed by atoms with Gasteiger partial charge in [0.05, 0.1) is 0 Å². The highest BCUT2D eigenvalue weighted by Crippen LogP contribution is 2.22. The Morgan fingerprint density at radius 3 is 2.23 bits per heavy atom. The Morgan fingerprint density at radius 1 is 0.968 bits per heavy atom. The topological polar surface area (TPSA) is 43.9 Å². The van der Waals surface area contributed by atoms with Crippen LogP contribution in [0, 0.1) is 18.6 Å². The maximum absolute atomic E-state index is 13.9. The number of piperidine rings is 1. The van der Waals surface area contributed by atoms with Gasteiger partial charge >= 0.3 is 0 Å². The number of benzene rings is 2. The molecule has 0 N–H and O–H groups in total. The van der Waals surface area contributed by atoms with Crippen molar-refractivity contribution in [3.05, 3.63) is 70.8 Å². The van der Waals surface area contributed by atoms with E-state index in [2.05, 4.69) is 36.1 Å². The van der Waals surface area contributed by atoms with Gasteiger partial charge in [0, 0.05) is 38.8 Å². The Hall–Kier alpha value is -2.80. The lowest BCUT2D eigenvalue weighted by atomic mass is 10.0. The maximum atomic E-state index is 13.9. The van der Waals surface area contributed by atoms with Crippen molar-refractivity contribution in [1.82, 2.24) is 14.7 Å². The van der Waals surface area contributed by atoms with Gasteiger partial charge in [0.25, 0.3) is 5.91 Å². The van der Waals surface area contributed by atoms with Crippen molar-refractivity contribution >= 4 is 11.8 Å². The number of aryl methyl sites for hydroxylation is 1. The molecule has 0 bridgehead atoms. The fraction of sp³-hybridized carbons (Fsp3) is 0.417. The third-order valence-corrected chi connectivity index (χ3v) is 6.25. The lowest BCUT2D eigenvalue weighted by Crippen LogP contribution is -2.57. The van der Waals surface area contributed by atoms with Crippen molar-refractivity contribution in [1.29, 1.82) is 0 Å². The number of hydrogen-bond acceptors (Lipinski definition) is 3.